The van der Waals surface area contributed by atoms with Crippen molar-refractivity contribution in [1.82, 2.24) is 10.2 Å². The lowest BCUT2D eigenvalue weighted by Crippen LogP contribution is -2.56. The minimum atomic E-state index is -0.529. The summed E-state index contributed by atoms with van der Waals surface area (Å²) in [7, 11) is 0. The first-order valence-electron chi connectivity index (χ1n) is 9.37. The van der Waals surface area contributed by atoms with Crippen LogP contribution in [-0.4, -0.2) is 42.0 Å². The van der Waals surface area contributed by atoms with Gasteiger partial charge in [-0.2, -0.15) is 0 Å². The number of amides is 1. The Hall–Kier alpha value is -3.04. The Bertz CT molecular complexity index is 852. The molecule has 1 spiro atoms. The predicted molar refractivity (Wildman–Crippen MR) is 105 cm³/mol. The van der Waals surface area contributed by atoms with Crippen molar-refractivity contribution in [3.63, 3.8) is 0 Å². The van der Waals surface area contributed by atoms with Gasteiger partial charge in [0.05, 0.1) is 6.67 Å². The minimum absolute atomic E-state index is 0.0886. The van der Waals surface area contributed by atoms with Gasteiger partial charge in [0.25, 0.3) is 0 Å². The van der Waals surface area contributed by atoms with Crippen molar-refractivity contribution >= 4 is 17.5 Å². The molecule has 2 saturated heterocycles. The summed E-state index contributed by atoms with van der Waals surface area (Å²) in [6, 6.07) is 20.0. The molecular formula is C22H23N3O2. The van der Waals surface area contributed by atoms with Gasteiger partial charge in [-0.25, -0.2) is 4.79 Å². The fourth-order valence-corrected chi connectivity index (χ4v) is 4.18. The second kappa shape index (κ2) is 7.29. The molecule has 1 N–H and O–H groups in total. The van der Waals surface area contributed by atoms with Crippen LogP contribution in [0, 0.1) is 0 Å². The van der Waals surface area contributed by atoms with Gasteiger partial charge in [-0.3, -0.25) is 4.79 Å². The van der Waals surface area contributed by atoms with Crippen LogP contribution < -0.4 is 10.2 Å². The Morgan fingerprint density at radius 1 is 1.00 bits per heavy atom. The molecule has 0 unspecified atom stereocenters. The number of rotatable bonds is 4. The van der Waals surface area contributed by atoms with E-state index in [1.54, 1.807) is 0 Å². The van der Waals surface area contributed by atoms with E-state index in [-0.39, 0.29) is 5.91 Å². The number of carbonyl (C=O) groups is 1. The molecule has 2 heterocycles. The largest absolute Gasteiger partial charge is 0.365 e. The summed E-state index contributed by atoms with van der Waals surface area (Å²) in [4.78, 5) is 28.6. The molecule has 0 atom stereocenters. The van der Waals surface area contributed by atoms with Crippen LogP contribution in [0.4, 0.5) is 5.69 Å². The maximum absolute atomic E-state index is 12.7. The SMILES string of the molecule is O=C=C(Cc1ccccc1)N1CCC2(CC1)C(=O)NCN2c1ccccc1. The van der Waals surface area contributed by atoms with Gasteiger partial charge in [-0.15, -0.1) is 0 Å². The van der Waals surface area contributed by atoms with E-state index in [1.165, 1.54) is 0 Å². The number of hydrogen-bond acceptors (Lipinski definition) is 4. The van der Waals surface area contributed by atoms with Crippen LogP contribution in [0.15, 0.2) is 66.4 Å². The van der Waals surface area contributed by atoms with Crippen LogP contribution in [0.1, 0.15) is 18.4 Å². The standard InChI is InChI=1S/C22H23N3O2/c26-16-20(15-18-7-3-1-4-8-18)24-13-11-22(12-14-24)21(27)23-17-25(22)19-9-5-2-6-10-19/h1-10H,11-15,17H2,(H,23,27). The summed E-state index contributed by atoms with van der Waals surface area (Å²) in [5.41, 5.74) is 2.29. The molecule has 2 fully saturated rings. The number of likely N-dealkylation sites (tertiary alicyclic amines) is 1. The first-order valence-corrected chi connectivity index (χ1v) is 9.37. The van der Waals surface area contributed by atoms with Crippen LogP contribution in [0.2, 0.25) is 0 Å². The summed E-state index contributed by atoms with van der Waals surface area (Å²) in [6.07, 6.45) is 1.95. The lowest BCUT2D eigenvalue weighted by Gasteiger charge is -2.44. The molecule has 4 rings (SSSR count). The van der Waals surface area contributed by atoms with Crippen LogP contribution in [-0.2, 0) is 16.0 Å². The number of anilines is 1. The number of nitrogens with zero attached hydrogens (tertiary/aromatic N) is 2. The first-order chi connectivity index (χ1) is 13.2. The number of piperidine rings is 1. The molecule has 0 aromatic heterocycles. The van der Waals surface area contributed by atoms with Crippen molar-refractivity contribution in [3.8, 4) is 0 Å². The summed E-state index contributed by atoms with van der Waals surface area (Å²) in [5.74, 6) is 2.22. The summed E-state index contributed by atoms with van der Waals surface area (Å²) in [6.45, 7) is 1.88. The van der Waals surface area contributed by atoms with Gasteiger partial charge in [0, 0.05) is 25.2 Å². The summed E-state index contributed by atoms with van der Waals surface area (Å²) in [5, 5.41) is 3.01. The number of carbonyl (C=O) groups excluding carboxylic acids is 2. The number of para-hydroxylation sites is 1. The third-order valence-electron chi connectivity index (χ3n) is 5.71. The average molecular weight is 361 g/mol. The molecule has 0 aliphatic carbocycles. The highest BCUT2D eigenvalue weighted by atomic mass is 16.2. The Balaban J connectivity index is 1.50. The zero-order valence-electron chi connectivity index (χ0n) is 15.2. The lowest BCUT2D eigenvalue weighted by atomic mass is 9.85. The third-order valence-corrected chi connectivity index (χ3v) is 5.71. The fraction of sp³-hybridized carbons (Fsp3) is 0.318. The number of benzene rings is 2. The maximum atomic E-state index is 12.7. The first kappa shape index (κ1) is 17.4. The molecule has 5 nitrogen and oxygen atoms in total. The van der Waals surface area contributed by atoms with Gasteiger partial charge in [-0.05, 0) is 30.5 Å². The Kier molecular flexibility index (Phi) is 4.69. The topological polar surface area (TPSA) is 52.7 Å². The molecule has 5 heteroatoms. The van der Waals surface area contributed by atoms with Crippen molar-refractivity contribution < 1.29 is 9.59 Å². The molecule has 0 bridgehead atoms. The quantitative estimate of drug-likeness (QED) is 0.850. The molecular weight excluding hydrogens is 338 g/mol. The highest BCUT2D eigenvalue weighted by Crippen LogP contribution is 2.36. The zero-order valence-corrected chi connectivity index (χ0v) is 15.2. The van der Waals surface area contributed by atoms with Crippen LogP contribution in [0.3, 0.4) is 0 Å². The summed E-state index contributed by atoms with van der Waals surface area (Å²) >= 11 is 0. The maximum Gasteiger partial charge on any atom is 0.247 e. The predicted octanol–water partition coefficient (Wildman–Crippen LogP) is 2.37. The van der Waals surface area contributed by atoms with Gasteiger partial charge < -0.3 is 15.1 Å². The third kappa shape index (κ3) is 3.22. The van der Waals surface area contributed by atoms with Gasteiger partial charge in [-0.1, -0.05) is 48.5 Å². The van der Waals surface area contributed by atoms with Gasteiger partial charge in [0.15, 0.2) is 0 Å². The normalized spacial score (nSPS) is 18.3. The number of allylic oxidation sites excluding steroid dienone is 1. The second-order valence-corrected chi connectivity index (χ2v) is 7.16. The highest BCUT2D eigenvalue weighted by Gasteiger charge is 2.50. The van der Waals surface area contributed by atoms with E-state index in [4.69, 9.17) is 0 Å². The molecule has 0 radical (unpaired) electrons. The zero-order chi connectivity index (χ0) is 18.7. The second-order valence-electron chi connectivity index (χ2n) is 7.16. The smallest absolute Gasteiger partial charge is 0.247 e. The van der Waals surface area contributed by atoms with Crippen LogP contribution in [0.25, 0.3) is 0 Å². The van der Waals surface area contributed by atoms with E-state index < -0.39 is 5.54 Å². The van der Waals surface area contributed by atoms with E-state index in [0.717, 1.165) is 11.3 Å². The number of nitrogens with one attached hydrogen (secondary N) is 1. The molecule has 0 saturated carbocycles. The molecule has 2 aliphatic heterocycles. The Labute approximate surface area is 159 Å². The van der Waals surface area contributed by atoms with E-state index in [9.17, 15) is 9.59 Å². The van der Waals surface area contributed by atoms with Crippen molar-refractivity contribution in [1.29, 1.82) is 0 Å². The van der Waals surface area contributed by atoms with E-state index in [2.05, 4.69) is 21.1 Å². The fourth-order valence-electron chi connectivity index (χ4n) is 4.18. The molecule has 138 valence electrons. The van der Waals surface area contributed by atoms with E-state index in [1.807, 2.05) is 60.7 Å². The van der Waals surface area contributed by atoms with Crippen molar-refractivity contribution in [2.75, 3.05) is 24.7 Å². The minimum Gasteiger partial charge on any atom is -0.365 e. The van der Waals surface area contributed by atoms with Crippen molar-refractivity contribution in [2.24, 2.45) is 0 Å². The Morgan fingerprint density at radius 3 is 2.26 bits per heavy atom. The molecule has 2 aromatic rings. The lowest BCUT2D eigenvalue weighted by molar-refractivity contribution is -0.124. The highest BCUT2D eigenvalue weighted by molar-refractivity contribution is 5.93. The van der Waals surface area contributed by atoms with Gasteiger partial charge >= 0.3 is 0 Å². The molecule has 27 heavy (non-hydrogen) atoms. The molecule has 2 aromatic carbocycles. The Morgan fingerprint density at radius 2 is 1.63 bits per heavy atom. The van der Waals surface area contributed by atoms with Gasteiger partial charge in [0.1, 0.15) is 17.2 Å². The van der Waals surface area contributed by atoms with E-state index in [0.29, 0.717) is 44.7 Å². The average Bonchev–Trinajstić information content (AvgIpc) is 3.04. The van der Waals surface area contributed by atoms with Crippen LogP contribution in [0.5, 0.6) is 0 Å². The molecule has 1 amide bonds. The van der Waals surface area contributed by atoms with Crippen LogP contribution >= 0.6 is 0 Å². The summed E-state index contributed by atoms with van der Waals surface area (Å²) < 4.78 is 0. The molecule has 2 aliphatic rings. The monoisotopic (exact) mass is 361 g/mol. The van der Waals surface area contributed by atoms with E-state index >= 15 is 0 Å². The number of hydrogen-bond donors (Lipinski definition) is 1. The van der Waals surface area contributed by atoms with Crippen molar-refractivity contribution in [2.45, 2.75) is 24.8 Å². The van der Waals surface area contributed by atoms with Crippen molar-refractivity contribution in [3.05, 3.63) is 71.9 Å². The van der Waals surface area contributed by atoms with Gasteiger partial charge in [0.2, 0.25) is 5.91 Å².